The van der Waals surface area contributed by atoms with E-state index in [2.05, 4.69) is 10.2 Å². The summed E-state index contributed by atoms with van der Waals surface area (Å²) in [6.45, 7) is 7.70. The van der Waals surface area contributed by atoms with Crippen LogP contribution in [0.1, 0.15) is 13.3 Å². The number of morpholine rings is 1. The average molecular weight is 237 g/mol. The van der Waals surface area contributed by atoms with Gasteiger partial charge in [0.2, 0.25) is 0 Å². The van der Waals surface area contributed by atoms with Crippen molar-refractivity contribution in [3.05, 3.63) is 0 Å². The molecule has 0 bridgehead atoms. The Morgan fingerprint density at radius 1 is 1.40 bits per heavy atom. The summed E-state index contributed by atoms with van der Waals surface area (Å²) in [4.78, 5) is 13.6. The molecule has 0 saturated carbocycles. The summed E-state index contributed by atoms with van der Waals surface area (Å²) in [6.07, 6.45) is 0.644. The average Bonchev–Trinajstić information content (AvgIpc) is 2.20. The van der Waals surface area contributed by atoms with Crippen LogP contribution >= 0.6 is 12.4 Å². The molecule has 1 aliphatic rings. The molecule has 0 radical (unpaired) electrons. The lowest BCUT2D eigenvalue weighted by molar-refractivity contribution is -0.121. The quantitative estimate of drug-likeness (QED) is 0.674. The van der Waals surface area contributed by atoms with Crippen LogP contribution in [0.5, 0.6) is 0 Å². The number of nitrogens with zero attached hydrogens (tertiary/aromatic N) is 1. The van der Waals surface area contributed by atoms with Crippen molar-refractivity contribution in [1.82, 2.24) is 10.2 Å². The third-order valence-electron chi connectivity index (χ3n) is 2.33. The van der Waals surface area contributed by atoms with E-state index in [1.54, 1.807) is 0 Å². The molecule has 1 heterocycles. The molecular formula is C10H21ClN2O2. The number of hydrogen-bond acceptors (Lipinski definition) is 4. The molecule has 0 aromatic carbocycles. The van der Waals surface area contributed by atoms with E-state index < -0.39 is 0 Å². The van der Waals surface area contributed by atoms with Gasteiger partial charge in [-0.2, -0.15) is 0 Å². The second-order valence-electron chi connectivity index (χ2n) is 3.53. The summed E-state index contributed by atoms with van der Waals surface area (Å²) in [5, 5.41) is 3.15. The van der Waals surface area contributed by atoms with Gasteiger partial charge in [-0.1, -0.05) is 6.92 Å². The Hall–Kier alpha value is -0.160. The van der Waals surface area contributed by atoms with Crippen molar-refractivity contribution in [3.8, 4) is 0 Å². The molecule has 5 heteroatoms. The first-order chi connectivity index (χ1) is 6.83. The monoisotopic (exact) mass is 236 g/mol. The van der Waals surface area contributed by atoms with Crippen LogP contribution in [0, 0.1) is 0 Å². The molecule has 1 N–H and O–H groups in total. The van der Waals surface area contributed by atoms with E-state index in [4.69, 9.17) is 4.74 Å². The van der Waals surface area contributed by atoms with Gasteiger partial charge in [0.1, 0.15) is 5.78 Å². The van der Waals surface area contributed by atoms with Gasteiger partial charge in [0.25, 0.3) is 0 Å². The van der Waals surface area contributed by atoms with Crippen molar-refractivity contribution in [2.75, 3.05) is 45.9 Å². The molecule has 1 fully saturated rings. The van der Waals surface area contributed by atoms with Gasteiger partial charge >= 0.3 is 0 Å². The topological polar surface area (TPSA) is 41.6 Å². The Labute approximate surface area is 97.8 Å². The highest BCUT2D eigenvalue weighted by atomic mass is 35.5. The molecule has 0 atom stereocenters. The van der Waals surface area contributed by atoms with Gasteiger partial charge in [-0.05, 0) is 6.54 Å². The number of carbonyl (C=O) groups is 1. The number of Topliss-reactive ketones (excluding diaryl/α,β-unsaturated/α-hetero) is 1. The Morgan fingerprint density at radius 3 is 2.67 bits per heavy atom. The SMILES string of the molecule is CCNCCC(=O)CN1CCOCC1.Cl. The fraction of sp³-hybridized carbons (Fsp3) is 0.900. The van der Waals surface area contributed by atoms with Gasteiger partial charge in [0.05, 0.1) is 19.8 Å². The fourth-order valence-corrected chi connectivity index (χ4v) is 1.49. The highest BCUT2D eigenvalue weighted by Crippen LogP contribution is 1.97. The van der Waals surface area contributed by atoms with Gasteiger partial charge in [-0.3, -0.25) is 9.69 Å². The summed E-state index contributed by atoms with van der Waals surface area (Å²) in [5.74, 6) is 0.327. The number of carbonyl (C=O) groups excluding carboxylic acids is 1. The van der Waals surface area contributed by atoms with Crippen molar-refractivity contribution >= 4 is 18.2 Å². The largest absolute Gasteiger partial charge is 0.379 e. The van der Waals surface area contributed by atoms with E-state index in [1.165, 1.54) is 0 Å². The van der Waals surface area contributed by atoms with E-state index >= 15 is 0 Å². The van der Waals surface area contributed by atoms with Crippen LogP contribution in [-0.2, 0) is 9.53 Å². The van der Waals surface area contributed by atoms with Crippen molar-refractivity contribution in [2.24, 2.45) is 0 Å². The molecule has 1 aliphatic heterocycles. The molecule has 90 valence electrons. The van der Waals surface area contributed by atoms with E-state index in [-0.39, 0.29) is 12.4 Å². The van der Waals surface area contributed by atoms with E-state index in [1.807, 2.05) is 6.92 Å². The molecule has 0 amide bonds. The molecule has 0 aliphatic carbocycles. The van der Waals surface area contributed by atoms with Gasteiger partial charge in [-0.15, -0.1) is 12.4 Å². The first kappa shape index (κ1) is 14.8. The van der Waals surface area contributed by atoms with Crippen molar-refractivity contribution in [1.29, 1.82) is 0 Å². The Morgan fingerprint density at radius 2 is 2.07 bits per heavy atom. The van der Waals surface area contributed by atoms with Crippen molar-refractivity contribution in [2.45, 2.75) is 13.3 Å². The second kappa shape index (κ2) is 9.09. The minimum absolute atomic E-state index is 0. The lowest BCUT2D eigenvalue weighted by Gasteiger charge is -2.25. The molecular weight excluding hydrogens is 216 g/mol. The summed E-state index contributed by atoms with van der Waals surface area (Å²) >= 11 is 0. The number of rotatable bonds is 6. The van der Waals surface area contributed by atoms with Crippen LogP contribution < -0.4 is 5.32 Å². The lowest BCUT2D eigenvalue weighted by Crippen LogP contribution is -2.40. The zero-order valence-corrected chi connectivity index (χ0v) is 10.1. The molecule has 0 spiro atoms. The standard InChI is InChI=1S/C10H20N2O2.ClH/c1-2-11-4-3-10(13)9-12-5-7-14-8-6-12;/h11H,2-9H2,1H3;1H. The summed E-state index contributed by atoms with van der Waals surface area (Å²) < 4.78 is 5.21. The van der Waals surface area contributed by atoms with Crippen molar-refractivity contribution in [3.63, 3.8) is 0 Å². The zero-order chi connectivity index (χ0) is 10.2. The summed E-state index contributed by atoms with van der Waals surface area (Å²) in [5.41, 5.74) is 0. The highest BCUT2D eigenvalue weighted by Gasteiger charge is 2.13. The summed E-state index contributed by atoms with van der Waals surface area (Å²) in [6, 6.07) is 0. The molecule has 15 heavy (non-hydrogen) atoms. The molecule has 1 saturated heterocycles. The third-order valence-corrected chi connectivity index (χ3v) is 2.33. The number of ether oxygens (including phenoxy) is 1. The Balaban J connectivity index is 0.00000196. The Bertz CT molecular complexity index is 173. The molecule has 0 unspecified atom stereocenters. The van der Waals surface area contributed by atoms with Crippen LogP contribution in [0.25, 0.3) is 0 Å². The van der Waals surface area contributed by atoms with Crippen LogP contribution in [0.4, 0.5) is 0 Å². The third kappa shape index (κ3) is 6.84. The lowest BCUT2D eigenvalue weighted by atomic mass is 10.2. The molecule has 0 aromatic rings. The molecule has 4 nitrogen and oxygen atoms in total. The van der Waals surface area contributed by atoms with Crippen LogP contribution in [0.15, 0.2) is 0 Å². The first-order valence-electron chi connectivity index (χ1n) is 5.35. The van der Waals surface area contributed by atoms with Gasteiger partial charge in [0.15, 0.2) is 0 Å². The van der Waals surface area contributed by atoms with Crippen LogP contribution in [0.2, 0.25) is 0 Å². The highest BCUT2D eigenvalue weighted by molar-refractivity contribution is 5.85. The minimum Gasteiger partial charge on any atom is -0.379 e. The van der Waals surface area contributed by atoms with E-state index in [0.717, 1.165) is 39.4 Å². The second-order valence-corrected chi connectivity index (χ2v) is 3.53. The fourth-order valence-electron chi connectivity index (χ4n) is 1.49. The van der Waals surface area contributed by atoms with Gasteiger partial charge < -0.3 is 10.1 Å². The number of halogens is 1. The summed E-state index contributed by atoms with van der Waals surface area (Å²) in [7, 11) is 0. The maximum absolute atomic E-state index is 11.5. The van der Waals surface area contributed by atoms with Gasteiger partial charge in [0, 0.05) is 26.1 Å². The number of nitrogens with one attached hydrogen (secondary N) is 1. The first-order valence-corrected chi connectivity index (χ1v) is 5.35. The smallest absolute Gasteiger partial charge is 0.148 e. The van der Waals surface area contributed by atoms with E-state index in [9.17, 15) is 4.79 Å². The van der Waals surface area contributed by atoms with Gasteiger partial charge in [-0.25, -0.2) is 0 Å². The minimum atomic E-state index is 0. The number of ketones is 1. The van der Waals surface area contributed by atoms with Crippen LogP contribution in [-0.4, -0.2) is 56.6 Å². The Kier molecular flexibility index (Phi) is 9.00. The van der Waals surface area contributed by atoms with E-state index in [0.29, 0.717) is 18.7 Å². The maximum atomic E-state index is 11.5. The molecule has 0 aromatic heterocycles. The zero-order valence-electron chi connectivity index (χ0n) is 9.33. The predicted molar refractivity (Wildman–Crippen MR) is 62.7 cm³/mol. The normalized spacial score (nSPS) is 17.1. The molecule has 1 rings (SSSR count). The van der Waals surface area contributed by atoms with Crippen molar-refractivity contribution < 1.29 is 9.53 Å². The maximum Gasteiger partial charge on any atom is 0.148 e. The number of hydrogen-bond donors (Lipinski definition) is 1. The van der Waals surface area contributed by atoms with Crippen LogP contribution in [0.3, 0.4) is 0 Å². The predicted octanol–water partition coefficient (Wildman–Crippen LogP) is 0.309.